The molecule has 71 heavy (non-hydrogen) atoms. The van der Waals surface area contributed by atoms with Crippen LogP contribution in [0.4, 0.5) is 10.5 Å². The van der Waals surface area contributed by atoms with E-state index in [4.69, 9.17) is 33.9 Å². The van der Waals surface area contributed by atoms with E-state index in [1.54, 1.807) is 42.6 Å². The summed E-state index contributed by atoms with van der Waals surface area (Å²) in [5.74, 6) is 1.39. The quantitative estimate of drug-likeness (QED) is 0.0167. The third-order valence-electron chi connectivity index (χ3n) is 12.6. The number of nitrogens with zero attached hydrogens (tertiary/aromatic N) is 3. The molecule has 1 aliphatic carbocycles. The Labute approximate surface area is 420 Å². The van der Waals surface area contributed by atoms with Gasteiger partial charge in [0.1, 0.15) is 42.1 Å². The monoisotopic (exact) mass is 1000 g/mol. The topological polar surface area (TPSA) is 204 Å². The van der Waals surface area contributed by atoms with Crippen LogP contribution in [0.15, 0.2) is 133 Å². The molecule has 5 aromatic rings. The standard InChI is InChI=1S/C54H70N8O7SSi/c1-9-32-61(10-2)51(57)62-37-41(28-31-49(62)56)69-47-30-29-46(44-26-17-18-27-45(44)47)59-52(63)60-50(58-39-20-19-21-40(35-39)66-33-34-67-70(8,64)65)36-48(55)54(6,7)38-68-71(53(3,4)5,42-22-13-11-14-23-42)43-24-15-12-16-25-43/h11-28,31,35,37,46-47,55-57H,9-10,29-30,32-34,36,38H2,1-8H3,(H2,58,59,60,63). The van der Waals surface area contributed by atoms with E-state index in [0.29, 0.717) is 48.8 Å². The molecule has 1 aliphatic rings. The predicted octanol–water partition coefficient (Wildman–Crippen LogP) is 8.83. The first-order valence-corrected chi connectivity index (χ1v) is 27.9. The molecular formula is C54H70N8O7SSi. The van der Waals surface area contributed by atoms with Crippen molar-refractivity contribution in [3.63, 3.8) is 0 Å². The van der Waals surface area contributed by atoms with Crippen molar-refractivity contribution in [2.24, 2.45) is 10.4 Å². The average Bonchev–Trinajstić information content (AvgIpc) is 3.33. The normalized spacial score (nSPS) is 15.3. The van der Waals surface area contributed by atoms with E-state index in [0.717, 1.165) is 34.2 Å². The Balaban J connectivity index is 1.24. The molecule has 0 radical (unpaired) electrons. The molecule has 2 atom stereocenters. The van der Waals surface area contributed by atoms with E-state index >= 15 is 0 Å². The molecule has 6 rings (SSSR count). The summed E-state index contributed by atoms with van der Waals surface area (Å²) in [6.45, 7) is 16.0. The van der Waals surface area contributed by atoms with Crippen LogP contribution < -0.4 is 36.0 Å². The summed E-state index contributed by atoms with van der Waals surface area (Å²) in [7, 11) is -6.59. The number of pyridine rings is 1. The van der Waals surface area contributed by atoms with E-state index in [9.17, 15) is 18.6 Å². The smallest absolute Gasteiger partial charge is 0.320 e. The fraction of sp³-hybridized carbons (Fsp3) is 0.389. The second kappa shape index (κ2) is 23.7. The summed E-state index contributed by atoms with van der Waals surface area (Å²) in [5.41, 5.74) is 1.93. The Hall–Kier alpha value is -6.40. The number of amides is 2. The molecule has 15 nitrogen and oxygen atoms in total. The van der Waals surface area contributed by atoms with Crippen molar-refractivity contribution in [3.05, 3.63) is 144 Å². The lowest BCUT2D eigenvalue weighted by Crippen LogP contribution is -2.67. The second-order valence-corrected chi connectivity index (χ2v) is 25.4. The van der Waals surface area contributed by atoms with Gasteiger partial charge < -0.3 is 29.5 Å². The number of rotatable bonds is 20. The Morgan fingerprint density at radius 2 is 1.48 bits per heavy atom. The van der Waals surface area contributed by atoms with E-state index in [1.807, 2.05) is 86.3 Å². The van der Waals surface area contributed by atoms with Crippen LogP contribution in [0.5, 0.6) is 11.5 Å². The van der Waals surface area contributed by atoms with Gasteiger partial charge in [-0.2, -0.15) is 8.42 Å². The van der Waals surface area contributed by atoms with Crippen molar-refractivity contribution in [1.29, 1.82) is 16.2 Å². The number of hydrogen-bond acceptors (Lipinski definition) is 11. The number of carbonyl (C=O) groups excluding carboxylic acids is 1. The van der Waals surface area contributed by atoms with Gasteiger partial charge in [-0.05, 0) is 77.0 Å². The first kappa shape index (κ1) is 53.9. The number of hydrogen-bond donors (Lipinski definition) is 5. The lowest BCUT2D eigenvalue weighted by molar-refractivity contribution is 0.171. The van der Waals surface area contributed by atoms with Gasteiger partial charge in [-0.1, -0.05) is 133 Å². The second-order valence-electron chi connectivity index (χ2n) is 19.4. The summed E-state index contributed by atoms with van der Waals surface area (Å²) >= 11 is 0. The number of aromatic nitrogens is 1. The SMILES string of the molecule is CCCN(CC)C(=N)n1cc(OC2CCC(NC(=O)NC(CC(=N)C(C)(C)CO[Si](c3ccccc3)(c3ccccc3)C(C)(C)C)=Nc3cccc(OCCOS(C)(=O)=O)c3)c3ccccc32)ccc1=N. The van der Waals surface area contributed by atoms with Crippen LogP contribution in [-0.4, -0.2) is 88.9 Å². The lowest BCUT2D eigenvalue weighted by Gasteiger charge is -2.44. The Kier molecular flexibility index (Phi) is 18.0. The summed E-state index contributed by atoms with van der Waals surface area (Å²) in [4.78, 5) is 21.0. The van der Waals surface area contributed by atoms with Crippen molar-refractivity contribution in [2.45, 2.75) is 91.3 Å². The minimum absolute atomic E-state index is 0.0159. The van der Waals surface area contributed by atoms with E-state index in [2.05, 4.69) is 62.6 Å². The summed E-state index contributed by atoms with van der Waals surface area (Å²) in [5, 5.41) is 35.2. The number of fused-ring (bicyclic) bond motifs is 1. The van der Waals surface area contributed by atoms with Crippen LogP contribution in [0.25, 0.3) is 0 Å². The molecule has 0 saturated heterocycles. The van der Waals surface area contributed by atoms with Gasteiger partial charge in [-0.15, -0.1) is 0 Å². The number of benzene rings is 4. The predicted molar refractivity (Wildman–Crippen MR) is 284 cm³/mol. The fourth-order valence-electron chi connectivity index (χ4n) is 8.87. The highest BCUT2D eigenvalue weighted by Crippen LogP contribution is 2.40. The molecule has 0 aliphatic heterocycles. The van der Waals surface area contributed by atoms with Crippen LogP contribution in [0.2, 0.25) is 5.04 Å². The number of ether oxygens (including phenoxy) is 2. The maximum absolute atomic E-state index is 14.2. The number of amidine groups is 1. The average molecular weight is 1000 g/mol. The van der Waals surface area contributed by atoms with E-state index < -0.39 is 29.9 Å². The van der Waals surface area contributed by atoms with Crippen LogP contribution >= 0.6 is 0 Å². The Bertz CT molecular complexity index is 2790. The molecule has 1 aromatic heterocycles. The number of aliphatic imine (C=N–C) groups is 1. The molecule has 1 heterocycles. The van der Waals surface area contributed by atoms with E-state index in [-0.39, 0.29) is 60.7 Å². The summed E-state index contributed by atoms with van der Waals surface area (Å²) < 4.78 is 49.0. The molecule has 378 valence electrons. The molecular weight excluding hydrogens is 933 g/mol. The molecule has 5 N–H and O–H groups in total. The third kappa shape index (κ3) is 13.9. The number of urea groups is 1. The third-order valence-corrected chi connectivity index (χ3v) is 18.1. The van der Waals surface area contributed by atoms with Crippen molar-refractivity contribution in [2.75, 3.05) is 39.2 Å². The zero-order chi connectivity index (χ0) is 51.4. The molecule has 2 amide bonds. The molecule has 17 heteroatoms. The van der Waals surface area contributed by atoms with Crippen molar-refractivity contribution >= 4 is 58.0 Å². The van der Waals surface area contributed by atoms with Crippen LogP contribution in [-0.2, 0) is 18.7 Å². The zero-order valence-electron chi connectivity index (χ0n) is 42.3. The van der Waals surface area contributed by atoms with Gasteiger partial charge >= 0.3 is 6.03 Å². The minimum atomic E-state index is -3.64. The number of nitrogens with one attached hydrogen (secondary N) is 5. The maximum atomic E-state index is 14.2. The highest BCUT2D eigenvalue weighted by atomic mass is 32.2. The summed E-state index contributed by atoms with van der Waals surface area (Å²) in [6, 6.07) is 38.0. The molecule has 4 aromatic carbocycles. The first-order valence-electron chi connectivity index (χ1n) is 24.2. The lowest BCUT2D eigenvalue weighted by atomic mass is 9.85. The van der Waals surface area contributed by atoms with Crippen LogP contribution in [0.3, 0.4) is 0 Å². The van der Waals surface area contributed by atoms with Crippen molar-refractivity contribution in [1.82, 2.24) is 20.1 Å². The van der Waals surface area contributed by atoms with Gasteiger partial charge in [0.15, 0.2) is 0 Å². The molecule has 0 fully saturated rings. The van der Waals surface area contributed by atoms with Gasteiger partial charge in [0.25, 0.3) is 18.4 Å². The maximum Gasteiger partial charge on any atom is 0.320 e. The molecule has 0 spiro atoms. The highest BCUT2D eigenvalue weighted by molar-refractivity contribution is 7.85. The van der Waals surface area contributed by atoms with Gasteiger partial charge in [0, 0.05) is 43.3 Å². The minimum Gasteiger partial charge on any atom is -0.491 e. The van der Waals surface area contributed by atoms with Gasteiger partial charge in [-0.25, -0.2) is 9.79 Å². The molecule has 2 unspecified atom stereocenters. The molecule has 0 bridgehead atoms. The van der Waals surface area contributed by atoms with Gasteiger partial charge in [0.05, 0.1) is 24.2 Å². The largest absolute Gasteiger partial charge is 0.491 e. The van der Waals surface area contributed by atoms with Gasteiger partial charge in [-0.3, -0.25) is 24.9 Å². The summed E-state index contributed by atoms with van der Waals surface area (Å²) in [6.07, 6.45) is 4.32. The Morgan fingerprint density at radius 1 is 0.831 bits per heavy atom. The highest BCUT2D eigenvalue weighted by Gasteiger charge is 2.51. The van der Waals surface area contributed by atoms with Crippen LogP contribution in [0.1, 0.15) is 97.4 Å². The number of carbonyl (C=O) groups is 1. The van der Waals surface area contributed by atoms with Crippen LogP contribution in [0, 0.1) is 21.6 Å². The van der Waals surface area contributed by atoms with Crippen molar-refractivity contribution < 1.29 is 31.3 Å². The van der Waals surface area contributed by atoms with Gasteiger partial charge in [0.2, 0.25) is 5.96 Å². The fourth-order valence-corrected chi connectivity index (χ4v) is 14.0. The van der Waals surface area contributed by atoms with Crippen molar-refractivity contribution in [3.8, 4) is 11.5 Å². The van der Waals surface area contributed by atoms with E-state index in [1.165, 1.54) is 4.57 Å². The molecule has 0 saturated carbocycles. The zero-order valence-corrected chi connectivity index (χ0v) is 44.1. The Morgan fingerprint density at radius 3 is 2.10 bits per heavy atom. The first-order chi connectivity index (χ1) is 33.7.